The first kappa shape index (κ1) is 18.8. The molecule has 0 fully saturated rings. The Morgan fingerprint density at radius 3 is 1.59 bits per heavy atom. The second-order valence-corrected chi connectivity index (χ2v) is 6.97. The number of benzene rings is 3. The fourth-order valence-electron chi connectivity index (χ4n) is 3.59. The third-order valence-corrected chi connectivity index (χ3v) is 5.03. The second kappa shape index (κ2) is 9.61. The Morgan fingerprint density at radius 2 is 1.03 bits per heavy atom. The van der Waals surface area contributed by atoms with Crippen molar-refractivity contribution < 1.29 is 0 Å². The number of rotatable bonds is 7. The van der Waals surface area contributed by atoms with E-state index in [-0.39, 0.29) is 0 Å². The van der Waals surface area contributed by atoms with E-state index in [2.05, 4.69) is 131 Å². The van der Waals surface area contributed by atoms with Gasteiger partial charge < -0.3 is 9.80 Å². The zero-order valence-corrected chi connectivity index (χ0v) is 16.6. The topological polar surface area (TPSA) is 6.48 Å². The van der Waals surface area contributed by atoms with Gasteiger partial charge in [-0.3, -0.25) is 0 Å². The summed E-state index contributed by atoms with van der Waals surface area (Å²) in [5.74, 6) is 0. The van der Waals surface area contributed by atoms with Crippen LogP contribution in [0.25, 0.3) is 0 Å². The molecule has 0 radical (unpaired) electrons. The van der Waals surface area contributed by atoms with Crippen LogP contribution in [0.4, 0.5) is 17.1 Å². The number of para-hydroxylation sites is 3. The zero-order chi connectivity index (χ0) is 19.7. The highest BCUT2D eigenvalue weighted by atomic mass is 15.2. The van der Waals surface area contributed by atoms with Crippen molar-refractivity contribution in [1.82, 2.24) is 0 Å². The van der Waals surface area contributed by atoms with Crippen LogP contribution in [0.15, 0.2) is 127 Å². The molecular weight excluding hydrogens is 352 g/mol. The SMILES string of the molecule is C1=CCC=CC(N(CCN(c2ccccc2)c2ccccc2)c2ccccc2)=C1. The van der Waals surface area contributed by atoms with Crippen LogP contribution in [0.2, 0.25) is 0 Å². The normalized spacial score (nSPS) is 12.9. The molecule has 0 saturated heterocycles. The van der Waals surface area contributed by atoms with Gasteiger partial charge in [0.15, 0.2) is 0 Å². The lowest BCUT2D eigenvalue weighted by Crippen LogP contribution is -2.32. The summed E-state index contributed by atoms with van der Waals surface area (Å²) in [4.78, 5) is 4.78. The molecular formula is C27H26N2. The summed E-state index contributed by atoms with van der Waals surface area (Å²) in [6, 6.07) is 31.9. The predicted octanol–water partition coefficient (Wildman–Crippen LogP) is 6.73. The van der Waals surface area contributed by atoms with Crippen LogP contribution >= 0.6 is 0 Å². The van der Waals surface area contributed by atoms with Gasteiger partial charge >= 0.3 is 0 Å². The van der Waals surface area contributed by atoms with Gasteiger partial charge in [0, 0.05) is 35.8 Å². The largest absolute Gasteiger partial charge is 0.340 e. The van der Waals surface area contributed by atoms with Crippen LogP contribution in [0.3, 0.4) is 0 Å². The van der Waals surface area contributed by atoms with Crippen LogP contribution < -0.4 is 9.80 Å². The van der Waals surface area contributed by atoms with E-state index in [4.69, 9.17) is 0 Å². The molecule has 0 heterocycles. The first-order valence-corrected chi connectivity index (χ1v) is 10.2. The van der Waals surface area contributed by atoms with Crippen molar-refractivity contribution in [3.63, 3.8) is 0 Å². The first-order valence-electron chi connectivity index (χ1n) is 10.2. The fourth-order valence-corrected chi connectivity index (χ4v) is 3.59. The Kier molecular flexibility index (Phi) is 6.24. The van der Waals surface area contributed by atoms with E-state index in [9.17, 15) is 0 Å². The number of nitrogens with zero attached hydrogens (tertiary/aromatic N) is 2. The Labute approximate surface area is 173 Å². The van der Waals surface area contributed by atoms with E-state index in [1.54, 1.807) is 0 Å². The molecule has 144 valence electrons. The summed E-state index contributed by atoms with van der Waals surface area (Å²) in [6.45, 7) is 1.75. The maximum Gasteiger partial charge on any atom is 0.0411 e. The fraction of sp³-hybridized carbons (Fsp3) is 0.111. The molecule has 1 aliphatic carbocycles. The number of hydrogen-bond donors (Lipinski definition) is 0. The van der Waals surface area contributed by atoms with Gasteiger partial charge in [-0.1, -0.05) is 72.8 Å². The Morgan fingerprint density at radius 1 is 0.552 bits per heavy atom. The second-order valence-electron chi connectivity index (χ2n) is 6.97. The molecule has 0 atom stereocenters. The van der Waals surface area contributed by atoms with Crippen molar-refractivity contribution >= 4 is 17.1 Å². The number of anilines is 3. The summed E-state index contributed by atoms with van der Waals surface area (Å²) >= 11 is 0. The van der Waals surface area contributed by atoms with E-state index in [1.165, 1.54) is 22.8 Å². The van der Waals surface area contributed by atoms with E-state index < -0.39 is 0 Å². The van der Waals surface area contributed by atoms with Crippen LogP contribution in [-0.4, -0.2) is 13.1 Å². The van der Waals surface area contributed by atoms with Crippen molar-refractivity contribution in [3.05, 3.63) is 127 Å². The van der Waals surface area contributed by atoms with Gasteiger partial charge in [-0.25, -0.2) is 0 Å². The van der Waals surface area contributed by atoms with Gasteiger partial charge in [0.1, 0.15) is 0 Å². The maximum absolute atomic E-state index is 2.39. The highest BCUT2D eigenvalue weighted by Crippen LogP contribution is 2.26. The molecule has 0 aliphatic heterocycles. The molecule has 1 aliphatic rings. The van der Waals surface area contributed by atoms with Gasteiger partial charge in [0.25, 0.3) is 0 Å². The molecule has 0 spiro atoms. The monoisotopic (exact) mass is 378 g/mol. The third-order valence-electron chi connectivity index (χ3n) is 5.03. The minimum absolute atomic E-state index is 0.873. The van der Waals surface area contributed by atoms with Gasteiger partial charge in [0.05, 0.1) is 0 Å². The molecule has 0 aromatic heterocycles. The zero-order valence-electron chi connectivity index (χ0n) is 16.6. The molecule has 0 saturated carbocycles. The van der Waals surface area contributed by atoms with Crippen molar-refractivity contribution in [3.8, 4) is 0 Å². The van der Waals surface area contributed by atoms with Crippen LogP contribution in [0, 0.1) is 0 Å². The standard InChI is InChI=1S/C27H26N2/c1-2-7-15-24(14-6-1)28(25-16-8-3-9-17-25)22-23-29(26-18-10-4-11-19-26)27-20-12-5-13-21-27/h1,3-21H,2,22-23H2. The molecule has 3 aromatic rings. The Hall–Kier alpha value is -3.52. The highest BCUT2D eigenvalue weighted by molar-refractivity contribution is 5.64. The quantitative estimate of drug-likeness (QED) is 0.450. The van der Waals surface area contributed by atoms with Crippen molar-refractivity contribution in [1.29, 1.82) is 0 Å². The van der Waals surface area contributed by atoms with Crippen LogP contribution in [-0.2, 0) is 0 Å². The summed E-state index contributed by atoms with van der Waals surface area (Å²) in [6.07, 6.45) is 12.0. The van der Waals surface area contributed by atoms with Gasteiger partial charge in [-0.05, 0) is 55.0 Å². The summed E-state index contributed by atoms with van der Waals surface area (Å²) in [5, 5.41) is 0. The first-order chi connectivity index (χ1) is 14.4. The van der Waals surface area contributed by atoms with Crippen molar-refractivity contribution in [2.24, 2.45) is 0 Å². The Bertz CT molecular complexity index is 933. The van der Waals surface area contributed by atoms with E-state index in [0.29, 0.717) is 0 Å². The number of hydrogen-bond acceptors (Lipinski definition) is 2. The van der Waals surface area contributed by atoms with E-state index >= 15 is 0 Å². The average Bonchev–Trinajstić information content (AvgIpc) is 3.08. The van der Waals surface area contributed by atoms with Crippen molar-refractivity contribution in [2.75, 3.05) is 22.9 Å². The lowest BCUT2D eigenvalue weighted by Gasteiger charge is -2.31. The third kappa shape index (κ3) is 4.85. The molecule has 0 amide bonds. The van der Waals surface area contributed by atoms with Crippen LogP contribution in [0.5, 0.6) is 0 Å². The summed E-state index contributed by atoms with van der Waals surface area (Å²) in [5.41, 5.74) is 4.83. The number of allylic oxidation sites excluding steroid dienone is 5. The smallest absolute Gasteiger partial charge is 0.0411 e. The average molecular weight is 379 g/mol. The van der Waals surface area contributed by atoms with Gasteiger partial charge in [-0.15, -0.1) is 0 Å². The molecule has 2 heteroatoms. The van der Waals surface area contributed by atoms with Crippen LogP contribution in [0.1, 0.15) is 6.42 Å². The van der Waals surface area contributed by atoms with Gasteiger partial charge in [-0.2, -0.15) is 0 Å². The molecule has 0 unspecified atom stereocenters. The molecule has 4 rings (SSSR count). The Balaban J connectivity index is 1.64. The maximum atomic E-state index is 2.39. The molecule has 0 bridgehead atoms. The molecule has 2 nitrogen and oxygen atoms in total. The lowest BCUT2D eigenvalue weighted by molar-refractivity contribution is 0.864. The van der Waals surface area contributed by atoms with E-state index in [1.807, 2.05) is 0 Å². The highest BCUT2D eigenvalue weighted by Gasteiger charge is 2.14. The molecule has 3 aromatic carbocycles. The molecule has 29 heavy (non-hydrogen) atoms. The summed E-state index contributed by atoms with van der Waals surface area (Å²) in [7, 11) is 0. The summed E-state index contributed by atoms with van der Waals surface area (Å²) < 4.78 is 0. The van der Waals surface area contributed by atoms with Crippen molar-refractivity contribution in [2.45, 2.75) is 6.42 Å². The van der Waals surface area contributed by atoms with Gasteiger partial charge in [0.2, 0.25) is 0 Å². The molecule has 0 N–H and O–H groups in total. The predicted molar refractivity (Wildman–Crippen MR) is 125 cm³/mol. The minimum Gasteiger partial charge on any atom is -0.340 e. The van der Waals surface area contributed by atoms with E-state index in [0.717, 1.165) is 19.5 Å². The minimum atomic E-state index is 0.873. The lowest BCUT2D eigenvalue weighted by atomic mass is 10.2.